The van der Waals surface area contributed by atoms with Crippen LogP contribution in [0.5, 0.6) is 0 Å². The number of ketones is 1. The van der Waals surface area contributed by atoms with Gasteiger partial charge in [0.2, 0.25) is 0 Å². The van der Waals surface area contributed by atoms with Crippen LogP contribution in [0.3, 0.4) is 0 Å². The van der Waals surface area contributed by atoms with Crippen LogP contribution < -0.4 is 5.32 Å². The average Bonchev–Trinajstić information content (AvgIpc) is 3.13. The molecule has 1 aliphatic rings. The number of nitrogens with one attached hydrogen (secondary N) is 1. The Kier molecular flexibility index (Phi) is 5.50. The van der Waals surface area contributed by atoms with E-state index < -0.39 is 0 Å². The van der Waals surface area contributed by atoms with E-state index in [9.17, 15) is 9.59 Å². The van der Waals surface area contributed by atoms with Crippen molar-refractivity contribution in [2.24, 2.45) is 0 Å². The van der Waals surface area contributed by atoms with Gasteiger partial charge in [-0.3, -0.25) is 9.69 Å². The average molecular weight is 357 g/mol. The molecule has 0 aliphatic carbocycles. The van der Waals surface area contributed by atoms with Gasteiger partial charge in [0.1, 0.15) is 0 Å². The number of anilines is 1. The summed E-state index contributed by atoms with van der Waals surface area (Å²) < 4.78 is 0. The van der Waals surface area contributed by atoms with E-state index in [0.717, 1.165) is 29.2 Å². The Hall–Kier alpha value is -2.18. The predicted octanol–water partition coefficient (Wildman–Crippen LogP) is 3.40. The Bertz CT molecular complexity index is 750. The molecule has 1 saturated heterocycles. The van der Waals surface area contributed by atoms with Gasteiger partial charge in [-0.05, 0) is 48.6 Å². The summed E-state index contributed by atoms with van der Waals surface area (Å²) in [5.41, 5.74) is 3.19. The molecule has 0 radical (unpaired) electrons. The molecule has 1 N–H and O–H groups in total. The highest BCUT2D eigenvalue weighted by molar-refractivity contribution is 7.12. The fourth-order valence-corrected chi connectivity index (χ4v) is 3.51. The molecule has 3 rings (SSSR count). The number of hydrogen-bond donors (Lipinski definition) is 1. The number of urea groups is 1. The van der Waals surface area contributed by atoms with E-state index >= 15 is 0 Å². The smallest absolute Gasteiger partial charge is 0.321 e. The van der Waals surface area contributed by atoms with Crippen LogP contribution >= 0.6 is 11.3 Å². The van der Waals surface area contributed by atoms with Gasteiger partial charge in [0.15, 0.2) is 5.78 Å². The van der Waals surface area contributed by atoms with E-state index in [1.165, 1.54) is 16.9 Å². The van der Waals surface area contributed by atoms with Crippen molar-refractivity contribution in [3.05, 3.63) is 51.7 Å². The molecular formula is C19H23N3O2S. The molecule has 1 fully saturated rings. The lowest BCUT2D eigenvalue weighted by molar-refractivity contribution is 0.0887. The molecule has 0 atom stereocenters. The number of amides is 2. The predicted molar refractivity (Wildman–Crippen MR) is 102 cm³/mol. The largest absolute Gasteiger partial charge is 0.322 e. The minimum atomic E-state index is -0.0764. The zero-order valence-corrected chi connectivity index (χ0v) is 15.4. The third kappa shape index (κ3) is 4.46. The third-order valence-corrected chi connectivity index (χ3v) is 5.49. The van der Waals surface area contributed by atoms with Crippen molar-refractivity contribution in [1.29, 1.82) is 0 Å². The van der Waals surface area contributed by atoms with Crippen LogP contribution in [0.1, 0.15) is 20.8 Å². The number of nitrogens with zero attached hydrogens (tertiary/aromatic N) is 2. The molecule has 132 valence electrons. The zero-order chi connectivity index (χ0) is 17.8. The SMILES string of the molecule is Cc1ccc(NC(=O)N2CCN(CC(=O)c3cccs3)CC2)cc1C. The summed E-state index contributed by atoms with van der Waals surface area (Å²) in [6.07, 6.45) is 0. The molecule has 0 bridgehead atoms. The van der Waals surface area contributed by atoms with Gasteiger partial charge in [0.25, 0.3) is 0 Å². The number of piperazine rings is 1. The summed E-state index contributed by atoms with van der Waals surface area (Å²) in [6, 6.07) is 9.61. The van der Waals surface area contributed by atoms with Gasteiger partial charge in [-0.15, -0.1) is 11.3 Å². The quantitative estimate of drug-likeness (QED) is 0.854. The minimum Gasteiger partial charge on any atom is -0.322 e. The maximum atomic E-state index is 12.4. The standard InChI is InChI=1S/C19H23N3O2S/c1-14-5-6-16(12-15(14)2)20-19(24)22-9-7-21(8-10-22)13-17(23)18-4-3-11-25-18/h3-6,11-12H,7-10,13H2,1-2H3,(H,20,24). The van der Waals surface area contributed by atoms with Crippen molar-refractivity contribution in [2.75, 3.05) is 38.0 Å². The highest BCUT2D eigenvalue weighted by atomic mass is 32.1. The summed E-state index contributed by atoms with van der Waals surface area (Å²) >= 11 is 1.48. The molecule has 2 aromatic rings. The molecular weight excluding hydrogens is 334 g/mol. The van der Waals surface area contributed by atoms with E-state index in [0.29, 0.717) is 19.6 Å². The minimum absolute atomic E-state index is 0.0764. The maximum absolute atomic E-state index is 12.4. The van der Waals surface area contributed by atoms with Gasteiger partial charge in [0.05, 0.1) is 11.4 Å². The first-order valence-electron chi connectivity index (χ1n) is 8.45. The Labute approximate surface area is 152 Å². The van der Waals surface area contributed by atoms with E-state index in [1.54, 1.807) is 4.90 Å². The Morgan fingerprint density at radius 1 is 1.08 bits per heavy atom. The number of benzene rings is 1. The van der Waals surface area contributed by atoms with Gasteiger partial charge < -0.3 is 10.2 Å². The summed E-state index contributed by atoms with van der Waals surface area (Å²) in [7, 11) is 0. The lowest BCUT2D eigenvalue weighted by Gasteiger charge is -2.34. The Balaban J connectivity index is 1.49. The lowest BCUT2D eigenvalue weighted by atomic mass is 10.1. The first-order chi connectivity index (χ1) is 12.0. The second-order valence-corrected chi connectivity index (χ2v) is 7.34. The maximum Gasteiger partial charge on any atom is 0.321 e. The molecule has 1 aromatic heterocycles. The van der Waals surface area contributed by atoms with Crippen molar-refractivity contribution < 1.29 is 9.59 Å². The van der Waals surface area contributed by atoms with Gasteiger partial charge in [-0.25, -0.2) is 4.79 Å². The summed E-state index contributed by atoms with van der Waals surface area (Å²) in [5, 5.41) is 4.88. The van der Waals surface area contributed by atoms with E-state index in [4.69, 9.17) is 0 Å². The summed E-state index contributed by atoms with van der Waals surface area (Å²) in [5.74, 6) is 0.156. The second kappa shape index (κ2) is 7.80. The molecule has 2 amide bonds. The normalized spacial score (nSPS) is 15.2. The molecule has 0 unspecified atom stereocenters. The highest BCUT2D eigenvalue weighted by Gasteiger charge is 2.23. The molecule has 6 heteroatoms. The summed E-state index contributed by atoms with van der Waals surface area (Å²) in [6.45, 7) is 7.22. The zero-order valence-electron chi connectivity index (χ0n) is 14.6. The van der Waals surface area contributed by atoms with E-state index in [-0.39, 0.29) is 11.8 Å². The molecule has 2 heterocycles. The molecule has 1 aromatic carbocycles. The Morgan fingerprint density at radius 2 is 1.84 bits per heavy atom. The van der Waals surface area contributed by atoms with Crippen molar-refractivity contribution >= 4 is 28.8 Å². The van der Waals surface area contributed by atoms with E-state index in [1.807, 2.05) is 42.6 Å². The van der Waals surface area contributed by atoms with Crippen molar-refractivity contribution in [3.63, 3.8) is 0 Å². The molecule has 0 saturated carbocycles. The highest BCUT2D eigenvalue weighted by Crippen LogP contribution is 2.16. The number of Topliss-reactive ketones (excluding diaryl/α,β-unsaturated/α-hetero) is 1. The van der Waals surface area contributed by atoms with Crippen LogP contribution in [0.4, 0.5) is 10.5 Å². The number of carbonyl (C=O) groups excluding carboxylic acids is 2. The van der Waals surface area contributed by atoms with Gasteiger partial charge >= 0.3 is 6.03 Å². The Morgan fingerprint density at radius 3 is 2.48 bits per heavy atom. The first kappa shape index (κ1) is 17.6. The van der Waals surface area contributed by atoms with Crippen LogP contribution in [0.2, 0.25) is 0 Å². The van der Waals surface area contributed by atoms with E-state index in [2.05, 4.69) is 17.1 Å². The molecule has 25 heavy (non-hydrogen) atoms. The molecule has 1 aliphatic heterocycles. The molecule has 0 spiro atoms. The number of rotatable bonds is 4. The fraction of sp³-hybridized carbons (Fsp3) is 0.368. The molecule has 5 nitrogen and oxygen atoms in total. The number of carbonyl (C=O) groups is 2. The van der Waals surface area contributed by atoms with Gasteiger partial charge in [-0.1, -0.05) is 12.1 Å². The van der Waals surface area contributed by atoms with Gasteiger partial charge in [0, 0.05) is 31.9 Å². The van der Waals surface area contributed by atoms with Crippen LogP contribution in [0.25, 0.3) is 0 Å². The number of hydrogen-bond acceptors (Lipinski definition) is 4. The van der Waals surface area contributed by atoms with Gasteiger partial charge in [-0.2, -0.15) is 0 Å². The lowest BCUT2D eigenvalue weighted by Crippen LogP contribution is -2.51. The van der Waals surface area contributed by atoms with Crippen molar-refractivity contribution in [3.8, 4) is 0 Å². The third-order valence-electron chi connectivity index (χ3n) is 4.58. The van der Waals surface area contributed by atoms with Crippen molar-refractivity contribution in [1.82, 2.24) is 9.80 Å². The fourth-order valence-electron chi connectivity index (χ4n) is 2.85. The van der Waals surface area contributed by atoms with Crippen LogP contribution in [-0.2, 0) is 0 Å². The van der Waals surface area contributed by atoms with Crippen molar-refractivity contribution in [2.45, 2.75) is 13.8 Å². The van der Waals surface area contributed by atoms with Crippen LogP contribution in [0, 0.1) is 13.8 Å². The topological polar surface area (TPSA) is 52.7 Å². The monoisotopic (exact) mass is 357 g/mol. The number of thiophene rings is 1. The first-order valence-corrected chi connectivity index (χ1v) is 9.33. The van der Waals surface area contributed by atoms with Crippen LogP contribution in [0.15, 0.2) is 35.7 Å². The second-order valence-electron chi connectivity index (χ2n) is 6.39. The number of aryl methyl sites for hydroxylation is 2. The summed E-state index contributed by atoms with van der Waals surface area (Å²) in [4.78, 5) is 29.3. The van der Waals surface area contributed by atoms with Crippen LogP contribution in [-0.4, -0.2) is 54.3 Å².